The van der Waals surface area contributed by atoms with Crippen LogP contribution in [0.25, 0.3) is 0 Å². The Labute approximate surface area is 202 Å². The van der Waals surface area contributed by atoms with Crippen molar-refractivity contribution in [1.82, 2.24) is 14.9 Å². The zero-order chi connectivity index (χ0) is 26.1. The first kappa shape index (κ1) is 25.8. The second-order valence-electron chi connectivity index (χ2n) is 8.47. The fourth-order valence-corrected chi connectivity index (χ4v) is 3.97. The van der Waals surface area contributed by atoms with Gasteiger partial charge in [-0.25, -0.2) is 9.78 Å². The number of rotatable bonds is 3. The van der Waals surface area contributed by atoms with Crippen molar-refractivity contribution in [2.75, 3.05) is 67.6 Å². The number of aryl methyl sites for hydroxylation is 1. The molecule has 0 unspecified atom stereocenters. The molecular weight excluding hydrogens is 494 g/mol. The number of piperazine rings is 1. The van der Waals surface area contributed by atoms with Gasteiger partial charge in [0.25, 0.3) is 0 Å². The van der Waals surface area contributed by atoms with Crippen LogP contribution < -0.4 is 15.1 Å². The topological polar surface area (TPSA) is 73.8 Å². The maximum Gasteiger partial charge on any atom is 0.416 e. The van der Waals surface area contributed by atoms with Crippen molar-refractivity contribution >= 4 is 23.5 Å². The van der Waals surface area contributed by atoms with Crippen LogP contribution in [0.2, 0.25) is 0 Å². The van der Waals surface area contributed by atoms with Crippen LogP contribution in [0.3, 0.4) is 0 Å². The zero-order valence-corrected chi connectivity index (χ0v) is 19.3. The SMILES string of the molecule is Cc1cc(N2CCN(C(=O)Nc3cc(C(F)(F)F)cc(C(F)(F)F)c3)CC2)nc(N2CCOCC2)n1. The fraction of sp³-hybridized carbons (Fsp3) is 0.500. The molecule has 0 saturated carbocycles. The quantitative estimate of drug-likeness (QED) is 0.620. The molecule has 1 aromatic carbocycles. The normalized spacial score (nSPS) is 17.4. The number of ether oxygens (including phenoxy) is 1. The number of aromatic nitrogens is 2. The molecule has 1 N–H and O–H groups in total. The molecule has 2 amide bonds. The number of nitrogens with zero attached hydrogens (tertiary/aromatic N) is 5. The number of carbonyl (C=O) groups excluding carboxylic acids is 1. The van der Waals surface area contributed by atoms with Gasteiger partial charge in [-0.15, -0.1) is 0 Å². The van der Waals surface area contributed by atoms with Gasteiger partial charge in [-0.2, -0.15) is 31.3 Å². The molecule has 0 bridgehead atoms. The fourth-order valence-electron chi connectivity index (χ4n) is 3.97. The highest BCUT2D eigenvalue weighted by Gasteiger charge is 2.37. The third-order valence-corrected chi connectivity index (χ3v) is 5.85. The van der Waals surface area contributed by atoms with Crippen LogP contribution in [0, 0.1) is 6.92 Å². The molecule has 0 atom stereocenters. The van der Waals surface area contributed by atoms with Crippen LogP contribution in [0.1, 0.15) is 16.8 Å². The van der Waals surface area contributed by atoms with E-state index in [1.807, 2.05) is 22.8 Å². The van der Waals surface area contributed by atoms with Gasteiger partial charge >= 0.3 is 18.4 Å². The predicted octanol–water partition coefficient (Wildman–Crippen LogP) is 4.01. The molecule has 2 aromatic rings. The van der Waals surface area contributed by atoms with E-state index in [4.69, 9.17) is 4.74 Å². The molecule has 2 aliphatic heterocycles. The summed E-state index contributed by atoms with van der Waals surface area (Å²) < 4.78 is 83.9. The van der Waals surface area contributed by atoms with Crippen LogP contribution >= 0.6 is 0 Å². The Bertz CT molecular complexity index is 1060. The van der Waals surface area contributed by atoms with Crippen LogP contribution in [-0.4, -0.2) is 73.4 Å². The number of morpholine rings is 1. The molecule has 2 saturated heterocycles. The van der Waals surface area contributed by atoms with E-state index in [9.17, 15) is 31.1 Å². The van der Waals surface area contributed by atoms with E-state index in [0.29, 0.717) is 63.3 Å². The number of halogens is 6. The highest BCUT2D eigenvalue weighted by atomic mass is 19.4. The molecule has 0 radical (unpaired) electrons. The Morgan fingerprint density at radius 1 is 0.833 bits per heavy atom. The van der Waals surface area contributed by atoms with Crippen molar-refractivity contribution in [3.05, 3.63) is 41.1 Å². The molecule has 36 heavy (non-hydrogen) atoms. The van der Waals surface area contributed by atoms with Gasteiger partial charge in [0.05, 0.1) is 24.3 Å². The Kier molecular flexibility index (Phi) is 7.16. The van der Waals surface area contributed by atoms with Crippen molar-refractivity contribution in [3.8, 4) is 0 Å². The number of hydrogen-bond donors (Lipinski definition) is 1. The first-order valence-electron chi connectivity index (χ1n) is 11.2. The summed E-state index contributed by atoms with van der Waals surface area (Å²) in [6.45, 7) is 5.51. The van der Waals surface area contributed by atoms with E-state index in [2.05, 4.69) is 15.3 Å². The molecule has 3 heterocycles. The van der Waals surface area contributed by atoms with Gasteiger partial charge in [0.1, 0.15) is 5.82 Å². The number of nitrogens with one attached hydrogen (secondary N) is 1. The first-order chi connectivity index (χ1) is 16.9. The van der Waals surface area contributed by atoms with Gasteiger partial charge in [0.15, 0.2) is 0 Å². The van der Waals surface area contributed by atoms with Crippen molar-refractivity contribution in [3.63, 3.8) is 0 Å². The molecule has 0 aliphatic carbocycles. The minimum Gasteiger partial charge on any atom is -0.378 e. The number of amides is 2. The van der Waals surface area contributed by atoms with Gasteiger partial charge in [-0.3, -0.25) is 0 Å². The zero-order valence-electron chi connectivity index (χ0n) is 19.3. The lowest BCUT2D eigenvalue weighted by molar-refractivity contribution is -0.143. The molecule has 2 fully saturated rings. The van der Waals surface area contributed by atoms with Crippen LogP contribution in [0.15, 0.2) is 24.3 Å². The molecule has 0 spiro atoms. The summed E-state index contributed by atoms with van der Waals surface area (Å²) in [5.41, 5.74) is -2.79. The number of alkyl halides is 6. The average Bonchev–Trinajstić information content (AvgIpc) is 2.83. The molecule has 8 nitrogen and oxygen atoms in total. The van der Waals surface area contributed by atoms with Crippen molar-refractivity contribution < 1.29 is 35.9 Å². The van der Waals surface area contributed by atoms with Gasteiger partial charge in [0.2, 0.25) is 5.95 Å². The largest absolute Gasteiger partial charge is 0.416 e. The van der Waals surface area contributed by atoms with Crippen molar-refractivity contribution in [1.29, 1.82) is 0 Å². The average molecular weight is 518 g/mol. The lowest BCUT2D eigenvalue weighted by Crippen LogP contribution is -2.50. The minimum atomic E-state index is -5.00. The third kappa shape index (κ3) is 6.09. The number of hydrogen-bond acceptors (Lipinski definition) is 6. The molecule has 14 heteroatoms. The van der Waals surface area contributed by atoms with Crippen LogP contribution in [0.4, 0.5) is 48.6 Å². The molecule has 196 valence electrons. The summed E-state index contributed by atoms with van der Waals surface area (Å²) in [6, 6.07) is 2.03. The smallest absolute Gasteiger partial charge is 0.378 e. The second-order valence-corrected chi connectivity index (χ2v) is 8.47. The van der Waals surface area contributed by atoms with Crippen LogP contribution in [-0.2, 0) is 17.1 Å². The van der Waals surface area contributed by atoms with E-state index in [1.165, 1.54) is 4.90 Å². The van der Waals surface area contributed by atoms with E-state index in [1.54, 1.807) is 0 Å². The summed E-state index contributed by atoms with van der Waals surface area (Å²) in [6.07, 6.45) is -10.00. The van der Waals surface area contributed by atoms with Crippen molar-refractivity contribution in [2.45, 2.75) is 19.3 Å². The standard InChI is InChI=1S/C22H24F6N6O2/c1-14-10-18(31-19(29-14)33-6-8-36-9-7-33)32-2-4-34(5-3-32)20(35)30-17-12-15(21(23,24)25)11-16(13-17)22(26,27)28/h10-13H,2-9H2,1H3,(H,30,35). The van der Waals surface area contributed by atoms with E-state index >= 15 is 0 Å². The Balaban J connectivity index is 1.42. The van der Waals surface area contributed by atoms with Gasteiger partial charge < -0.3 is 24.8 Å². The number of carbonyl (C=O) groups is 1. The van der Waals surface area contributed by atoms with E-state index in [-0.39, 0.29) is 19.2 Å². The summed E-state index contributed by atoms with van der Waals surface area (Å²) in [5.74, 6) is 1.26. The maximum absolute atomic E-state index is 13.1. The minimum absolute atomic E-state index is 0.0172. The summed E-state index contributed by atoms with van der Waals surface area (Å²) in [5, 5.41) is 2.18. The third-order valence-electron chi connectivity index (χ3n) is 5.85. The van der Waals surface area contributed by atoms with E-state index in [0.717, 1.165) is 5.69 Å². The first-order valence-corrected chi connectivity index (χ1v) is 11.2. The Morgan fingerprint density at radius 2 is 1.42 bits per heavy atom. The lowest BCUT2D eigenvalue weighted by Gasteiger charge is -2.36. The van der Waals surface area contributed by atoms with Gasteiger partial charge in [-0.1, -0.05) is 0 Å². The van der Waals surface area contributed by atoms with Gasteiger partial charge in [0, 0.05) is 56.7 Å². The van der Waals surface area contributed by atoms with Crippen molar-refractivity contribution in [2.24, 2.45) is 0 Å². The lowest BCUT2D eigenvalue weighted by atomic mass is 10.1. The number of benzene rings is 1. The molecule has 1 aromatic heterocycles. The summed E-state index contributed by atoms with van der Waals surface area (Å²) >= 11 is 0. The maximum atomic E-state index is 13.1. The van der Waals surface area contributed by atoms with Gasteiger partial charge in [-0.05, 0) is 25.1 Å². The van der Waals surface area contributed by atoms with Crippen LogP contribution in [0.5, 0.6) is 0 Å². The Morgan fingerprint density at radius 3 is 1.97 bits per heavy atom. The summed E-state index contributed by atoms with van der Waals surface area (Å²) in [4.78, 5) is 27.1. The number of urea groups is 1. The highest BCUT2D eigenvalue weighted by Crippen LogP contribution is 2.37. The monoisotopic (exact) mass is 518 g/mol. The highest BCUT2D eigenvalue weighted by molar-refractivity contribution is 5.89. The summed E-state index contributed by atoms with van der Waals surface area (Å²) in [7, 11) is 0. The molecular formula is C22H24F6N6O2. The molecule has 2 aliphatic rings. The predicted molar refractivity (Wildman–Crippen MR) is 119 cm³/mol. The second kappa shape index (κ2) is 9.99. The van der Waals surface area contributed by atoms with E-state index < -0.39 is 35.2 Å². The Hall–Kier alpha value is -3.29. The molecule has 4 rings (SSSR count). The number of anilines is 3.